The summed E-state index contributed by atoms with van der Waals surface area (Å²) in [5.74, 6) is 0.722. The monoisotopic (exact) mass is 218 g/mol. The summed E-state index contributed by atoms with van der Waals surface area (Å²) in [5.41, 5.74) is 4.22. The average molecular weight is 218 g/mol. The van der Waals surface area contributed by atoms with Crippen molar-refractivity contribution < 1.29 is 0 Å². The summed E-state index contributed by atoms with van der Waals surface area (Å²) in [6.45, 7) is 7.69. The molecule has 16 heavy (non-hydrogen) atoms. The predicted molar refractivity (Wildman–Crippen MR) is 69.8 cm³/mol. The van der Waals surface area contributed by atoms with E-state index in [-0.39, 0.29) is 0 Å². The lowest BCUT2D eigenvalue weighted by Gasteiger charge is -2.19. The van der Waals surface area contributed by atoms with Crippen molar-refractivity contribution in [2.24, 2.45) is 5.92 Å². The van der Waals surface area contributed by atoms with Crippen LogP contribution in [0, 0.1) is 5.92 Å². The lowest BCUT2D eigenvalue weighted by molar-refractivity contribution is 0.552. The molecule has 0 radical (unpaired) electrons. The maximum Gasteiger partial charge on any atom is 0.0372 e. The van der Waals surface area contributed by atoms with Gasteiger partial charge >= 0.3 is 0 Å². The molecule has 2 N–H and O–H groups in total. The fourth-order valence-corrected chi connectivity index (χ4v) is 2.14. The minimum atomic E-state index is 0.722. The molecule has 0 spiro atoms. The first kappa shape index (κ1) is 11.5. The minimum absolute atomic E-state index is 0.722. The second-order valence-corrected chi connectivity index (χ2v) is 5.05. The fourth-order valence-electron chi connectivity index (χ4n) is 2.14. The number of benzene rings is 1. The van der Waals surface area contributed by atoms with Crippen molar-refractivity contribution >= 4 is 5.69 Å². The van der Waals surface area contributed by atoms with Crippen LogP contribution in [0.15, 0.2) is 18.2 Å². The van der Waals surface area contributed by atoms with E-state index >= 15 is 0 Å². The normalized spacial score (nSPS) is 14.7. The molecule has 0 bridgehead atoms. The minimum Gasteiger partial charge on any atom is -0.385 e. The van der Waals surface area contributed by atoms with Gasteiger partial charge in [0, 0.05) is 18.8 Å². The molecule has 1 aliphatic rings. The van der Waals surface area contributed by atoms with E-state index in [2.05, 4.69) is 42.7 Å². The van der Waals surface area contributed by atoms with E-state index in [1.54, 1.807) is 0 Å². The molecule has 0 aliphatic carbocycles. The van der Waals surface area contributed by atoms with Crippen LogP contribution in [-0.4, -0.2) is 13.1 Å². The van der Waals surface area contributed by atoms with Gasteiger partial charge in [-0.2, -0.15) is 0 Å². The van der Waals surface area contributed by atoms with Gasteiger partial charge in [-0.3, -0.25) is 0 Å². The third-order valence-corrected chi connectivity index (χ3v) is 2.99. The van der Waals surface area contributed by atoms with E-state index in [0.717, 1.165) is 25.6 Å². The summed E-state index contributed by atoms with van der Waals surface area (Å²) in [5, 5.41) is 6.93. The molecule has 0 fully saturated rings. The Morgan fingerprint density at radius 3 is 3.06 bits per heavy atom. The Morgan fingerprint density at radius 2 is 2.25 bits per heavy atom. The van der Waals surface area contributed by atoms with Crippen LogP contribution in [0.25, 0.3) is 0 Å². The molecule has 1 aromatic carbocycles. The topological polar surface area (TPSA) is 24.1 Å². The second kappa shape index (κ2) is 5.35. The maximum atomic E-state index is 3.49. The third-order valence-electron chi connectivity index (χ3n) is 2.99. The number of hydrogen-bond acceptors (Lipinski definition) is 2. The zero-order valence-corrected chi connectivity index (χ0v) is 10.3. The van der Waals surface area contributed by atoms with Gasteiger partial charge in [0.2, 0.25) is 0 Å². The molecule has 1 aromatic rings. The largest absolute Gasteiger partial charge is 0.385 e. The summed E-state index contributed by atoms with van der Waals surface area (Å²) in [6, 6.07) is 6.79. The van der Waals surface area contributed by atoms with Crippen LogP contribution in [0.1, 0.15) is 31.4 Å². The molecule has 1 heterocycles. The average Bonchev–Trinajstić information content (AvgIpc) is 2.28. The lowest BCUT2D eigenvalue weighted by Crippen LogP contribution is -2.19. The summed E-state index contributed by atoms with van der Waals surface area (Å²) >= 11 is 0. The molecule has 0 saturated heterocycles. The van der Waals surface area contributed by atoms with E-state index in [4.69, 9.17) is 0 Å². The van der Waals surface area contributed by atoms with Gasteiger partial charge in [-0.05, 0) is 42.5 Å². The van der Waals surface area contributed by atoms with Crippen LogP contribution in [0.3, 0.4) is 0 Å². The summed E-state index contributed by atoms with van der Waals surface area (Å²) in [7, 11) is 0. The van der Waals surface area contributed by atoms with Gasteiger partial charge in [0.25, 0.3) is 0 Å². The highest BCUT2D eigenvalue weighted by atomic mass is 14.9. The molecule has 2 nitrogen and oxygen atoms in total. The molecule has 88 valence electrons. The van der Waals surface area contributed by atoms with Gasteiger partial charge in [-0.1, -0.05) is 26.0 Å². The van der Waals surface area contributed by atoms with Crippen molar-refractivity contribution in [3.05, 3.63) is 29.3 Å². The third kappa shape index (κ3) is 2.99. The van der Waals surface area contributed by atoms with Crippen LogP contribution < -0.4 is 10.6 Å². The molecule has 2 rings (SSSR count). The van der Waals surface area contributed by atoms with Crippen LogP contribution in [0.4, 0.5) is 5.69 Å². The molecular weight excluding hydrogens is 196 g/mol. The van der Waals surface area contributed by atoms with Crippen molar-refractivity contribution in [1.82, 2.24) is 5.32 Å². The first-order chi connectivity index (χ1) is 7.75. The molecule has 1 aliphatic heterocycles. The van der Waals surface area contributed by atoms with E-state index in [1.165, 1.54) is 29.7 Å². The van der Waals surface area contributed by atoms with Crippen LogP contribution in [0.5, 0.6) is 0 Å². The zero-order valence-electron chi connectivity index (χ0n) is 10.3. The molecule has 0 aromatic heterocycles. The number of rotatable bonds is 4. The van der Waals surface area contributed by atoms with E-state index in [9.17, 15) is 0 Å². The predicted octanol–water partition coefficient (Wildman–Crippen LogP) is 2.79. The van der Waals surface area contributed by atoms with Crippen LogP contribution in [0.2, 0.25) is 0 Å². The second-order valence-electron chi connectivity index (χ2n) is 5.05. The number of nitrogens with one attached hydrogen (secondary N) is 2. The van der Waals surface area contributed by atoms with Gasteiger partial charge < -0.3 is 10.6 Å². The highest BCUT2D eigenvalue weighted by Gasteiger charge is 2.08. The first-order valence-electron chi connectivity index (χ1n) is 6.32. The van der Waals surface area contributed by atoms with Crippen molar-refractivity contribution in [2.45, 2.75) is 33.2 Å². The van der Waals surface area contributed by atoms with Crippen molar-refractivity contribution in [3.63, 3.8) is 0 Å². The van der Waals surface area contributed by atoms with Crippen molar-refractivity contribution in [2.75, 3.05) is 18.4 Å². The summed E-state index contributed by atoms with van der Waals surface area (Å²) in [4.78, 5) is 0. The molecule has 2 heteroatoms. The zero-order chi connectivity index (χ0) is 11.4. The number of anilines is 1. The van der Waals surface area contributed by atoms with Gasteiger partial charge in [0.1, 0.15) is 0 Å². The number of hydrogen-bond donors (Lipinski definition) is 2. The van der Waals surface area contributed by atoms with Gasteiger partial charge in [0.05, 0.1) is 0 Å². The van der Waals surface area contributed by atoms with Crippen molar-refractivity contribution in [3.8, 4) is 0 Å². The molecule has 0 atom stereocenters. The summed E-state index contributed by atoms with van der Waals surface area (Å²) < 4.78 is 0. The first-order valence-corrected chi connectivity index (χ1v) is 6.32. The lowest BCUT2D eigenvalue weighted by atomic mass is 10.0. The fraction of sp³-hybridized carbons (Fsp3) is 0.571. The van der Waals surface area contributed by atoms with E-state index in [1.807, 2.05) is 0 Å². The SMILES string of the molecule is CC(C)CNCc1ccc2c(c1)CCCN2. The number of fused-ring (bicyclic) bond motifs is 1. The van der Waals surface area contributed by atoms with Gasteiger partial charge in [0.15, 0.2) is 0 Å². The highest BCUT2D eigenvalue weighted by Crippen LogP contribution is 2.22. The van der Waals surface area contributed by atoms with E-state index in [0.29, 0.717) is 0 Å². The van der Waals surface area contributed by atoms with Gasteiger partial charge in [-0.15, -0.1) is 0 Å². The highest BCUT2D eigenvalue weighted by molar-refractivity contribution is 5.54. The van der Waals surface area contributed by atoms with Crippen LogP contribution >= 0.6 is 0 Å². The van der Waals surface area contributed by atoms with Crippen LogP contribution in [-0.2, 0) is 13.0 Å². The quantitative estimate of drug-likeness (QED) is 0.812. The Bertz CT molecular complexity index is 345. The Labute approximate surface area is 98.4 Å². The van der Waals surface area contributed by atoms with Gasteiger partial charge in [-0.25, -0.2) is 0 Å². The number of aryl methyl sites for hydroxylation is 1. The molecule has 0 unspecified atom stereocenters. The Balaban J connectivity index is 1.95. The Morgan fingerprint density at radius 1 is 1.38 bits per heavy atom. The molecule has 0 saturated carbocycles. The molecular formula is C14H22N2. The molecule has 0 amide bonds. The van der Waals surface area contributed by atoms with Crippen molar-refractivity contribution in [1.29, 1.82) is 0 Å². The standard InChI is InChI=1S/C14H22N2/c1-11(2)9-15-10-12-5-6-14-13(8-12)4-3-7-16-14/h5-6,8,11,15-16H,3-4,7,9-10H2,1-2H3. The summed E-state index contributed by atoms with van der Waals surface area (Å²) in [6.07, 6.45) is 2.48. The van der Waals surface area contributed by atoms with E-state index < -0.39 is 0 Å². The maximum absolute atomic E-state index is 3.49. The Kier molecular flexibility index (Phi) is 3.83. The smallest absolute Gasteiger partial charge is 0.0372 e. The Hall–Kier alpha value is -1.02.